The molecular weight excluding hydrogens is 254 g/mol. The SMILES string of the molecule is Cc1cc(CO)cnc1N1CCC(N2CCOCC2)C1. The molecule has 3 rings (SSSR count). The molecule has 1 atom stereocenters. The van der Waals surface area contributed by atoms with Crippen LogP contribution in [0.1, 0.15) is 17.5 Å². The van der Waals surface area contributed by atoms with Crippen molar-refractivity contribution in [3.8, 4) is 0 Å². The van der Waals surface area contributed by atoms with E-state index in [-0.39, 0.29) is 6.61 Å². The molecule has 2 aliphatic heterocycles. The molecule has 2 saturated heterocycles. The maximum absolute atomic E-state index is 9.16. The molecule has 5 heteroatoms. The van der Waals surface area contributed by atoms with Crippen LogP contribution in [-0.4, -0.2) is 60.4 Å². The van der Waals surface area contributed by atoms with E-state index in [4.69, 9.17) is 9.84 Å². The van der Waals surface area contributed by atoms with Gasteiger partial charge < -0.3 is 14.7 Å². The van der Waals surface area contributed by atoms with Crippen LogP contribution in [0.2, 0.25) is 0 Å². The van der Waals surface area contributed by atoms with Crippen LogP contribution in [0.3, 0.4) is 0 Å². The minimum Gasteiger partial charge on any atom is -0.392 e. The van der Waals surface area contributed by atoms with Gasteiger partial charge in [0, 0.05) is 38.4 Å². The molecule has 1 aromatic heterocycles. The average Bonchev–Trinajstić information content (AvgIpc) is 2.97. The quantitative estimate of drug-likeness (QED) is 0.885. The predicted octanol–water partition coefficient (Wildman–Crippen LogP) is 0.793. The second-order valence-corrected chi connectivity index (χ2v) is 5.68. The first-order valence-corrected chi connectivity index (χ1v) is 7.41. The number of pyridine rings is 1. The number of hydrogen-bond donors (Lipinski definition) is 1. The highest BCUT2D eigenvalue weighted by Gasteiger charge is 2.29. The lowest BCUT2D eigenvalue weighted by Crippen LogP contribution is -2.44. The molecular formula is C15H23N3O2. The molecule has 5 nitrogen and oxygen atoms in total. The normalized spacial score (nSPS) is 24.3. The van der Waals surface area contributed by atoms with Gasteiger partial charge in [0.1, 0.15) is 5.82 Å². The Balaban J connectivity index is 1.67. The van der Waals surface area contributed by atoms with Crippen molar-refractivity contribution in [3.63, 3.8) is 0 Å². The molecule has 2 fully saturated rings. The fourth-order valence-electron chi connectivity index (χ4n) is 3.22. The van der Waals surface area contributed by atoms with Crippen LogP contribution in [0.15, 0.2) is 12.3 Å². The molecule has 0 aliphatic carbocycles. The van der Waals surface area contributed by atoms with E-state index in [1.807, 2.05) is 6.07 Å². The Morgan fingerprint density at radius 3 is 2.85 bits per heavy atom. The molecule has 0 saturated carbocycles. The van der Waals surface area contributed by atoms with Gasteiger partial charge in [-0.3, -0.25) is 4.90 Å². The average molecular weight is 277 g/mol. The largest absolute Gasteiger partial charge is 0.392 e. The van der Waals surface area contributed by atoms with E-state index < -0.39 is 0 Å². The summed E-state index contributed by atoms with van der Waals surface area (Å²) in [7, 11) is 0. The topological polar surface area (TPSA) is 48.8 Å². The van der Waals surface area contributed by atoms with Gasteiger partial charge in [-0.15, -0.1) is 0 Å². The fraction of sp³-hybridized carbons (Fsp3) is 0.667. The van der Waals surface area contributed by atoms with Crippen LogP contribution >= 0.6 is 0 Å². The maximum Gasteiger partial charge on any atom is 0.131 e. The first-order chi connectivity index (χ1) is 9.78. The molecule has 3 heterocycles. The molecule has 1 aromatic rings. The van der Waals surface area contributed by atoms with Gasteiger partial charge in [0.15, 0.2) is 0 Å². The summed E-state index contributed by atoms with van der Waals surface area (Å²) in [6.45, 7) is 8.06. The van der Waals surface area contributed by atoms with Crippen LogP contribution in [0.5, 0.6) is 0 Å². The second kappa shape index (κ2) is 6.08. The van der Waals surface area contributed by atoms with Gasteiger partial charge in [-0.1, -0.05) is 0 Å². The van der Waals surface area contributed by atoms with Gasteiger partial charge in [-0.05, 0) is 30.5 Å². The number of anilines is 1. The highest BCUT2D eigenvalue weighted by Crippen LogP contribution is 2.25. The zero-order chi connectivity index (χ0) is 13.9. The third-order valence-corrected chi connectivity index (χ3v) is 4.31. The monoisotopic (exact) mass is 277 g/mol. The summed E-state index contributed by atoms with van der Waals surface area (Å²) in [6.07, 6.45) is 2.98. The Kier molecular flexibility index (Phi) is 4.19. The van der Waals surface area contributed by atoms with Gasteiger partial charge in [-0.2, -0.15) is 0 Å². The van der Waals surface area contributed by atoms with E-state index in [1.54, 1.807) is 6.20 Å². The number of rotatable bonds is 3. The number of aromatic nitrogens is 1. The van der Waals surface area contributed by atoms with Gasteiger partial charge in [0.25, 0.3) is 0 Å². The Morgan fingerprint density at radius 1 is 1.35 bits per heavy atom. The fourth-order valence-corrected chi connectivity index (χ4v) is 3.22. The zero-order valence-corrected chi connectivity index (χ0v) is 12.1. The van der Waals surface area contributed by atoms with Gasteiger partial charge in [0.2, 0.25) is 0 Å². The molecule has 110 valence electrons. The minimum absolute atomic E-state index is 0.0600. The molecule has 0 spiro atoms. The van der Waals surface area contributed by atoms with E-state index in [9.17, 15) is 0 Å². The van der Waals surface area contributed by atoms with E-state index in [2.05, 4.69) is 21.7 Å². The van der Waals surface area contributed by atoms with E-state index >= 15 is 0 Å². The molecule has 0 aromatic carbocycles. The van der Waals surface area contributed by atoms with Crippen molar-refractivity contribution in [2.75, 3.05) is 44.3 Å². The van der Waals surface area contributed by atoms with E-state index in [1.165, 1.54) is 6.42 Å². The molecule has 0 amide bonds. The predicted molar refractivity (Wildman–Crippen MR) is 77.9 cm³/mol. The maximum atomic E-state index is 9.16. The molecule has 2 aliphatic rings. The second-order valence-electron chi connectivity index (χ2n) is 5.68. The summed E-state index contributed by atoms with van der Waals surface area (Å²) < 4.78 is 5.42. The summed E-state index contributed by atoms with van der Waals surface area (Å²) in [5.41, 5.74) is 2.04. The number of nitrogens with zero attached hydrogens (tertiary/aromatic N) is 3. The Bertz CT molecular complexity index is 460. The third kappa shape index (κ3) is 2.80. The van der Waals surface area contributed by atoms with Crippen LogP contribution in [0, 0.1) is 6.92 Å². The summed E-state index contributed by atoms with van der Waals surface area (Å²) in [5.74, 6) is 1.07. The molecule has 0 radical (unpaired) electrons. The van der Waals surface area contributed by atoms with Crippen molar-refractivity contribution in [2.24, 2.45) is 0 Å². The van der Waals surface area contributed by atoms with Gasteiger partial charge in [-0.25, -0.2) is 4.98 Å². The molecule has 20 heavy (non-hydrogen) atoms. The van der Waals surface area contributed by atoms with Crippen molar-refractivity contribution in [3.05, 3.63) is 23.4 Å². The Labute approximate surface area is 120 Å². The van der Waals surface area contributed by atoms with Crippen molar-refractivity contribution in [1.82, 2.24) is 9.88 Å². The van der Waals surface area contributed by atoms with Crippen molar-refractivity contribution < 1.29 is 9.84 Å². The summed E-state index contributed by atoms with van der Waals surface area (Å²) in [5, 5.41) is 9.16. The number of aliphatic hydroxyl groups excluding tert-OH is 1. The molecule has 1 unspecified atom stereocenters. The van der Waals surface area contributed by atoms with Gasteiger partial charge >= 0.3 is 0 Å². The van der Waals surface area contributed by atoms with Gasteiger partial charge in [0.05, 0.1) is 19.8 Å². The summed E-state index contributed by atoms with van der Waals surface area (Å²) >= 11 is 0. The highest BCUT2D eigenvalue weighted by molar-refractivity contribution is 5.48. The third-order valence-electron chi connectivity index (χ3n) is 4.31. The number of aryl methyl sites for hydroxylation is 1. The van der Waals surface area contributed by atoms with E-state index in [0.29, 0.717) is 6.04 Å². The van der Waals surface area contributed by atoms with Crippen LogP contribution in [-0.2, 0) is 11.3 Å². The summed E-state index contributed by atoms with van der Waals surface area (Å²) in [4.78, 5) is 9.45. The lowest BCUT2D eigenvalue weighted by molar-refractivity contribution is 0.0209. The first-order valence-electron chi connectivity index (χ1n) is 7.41. The molecule has 0 bridgehead atoms. The standard InChI is InChI=1S/C15H23N3O2/c1-12-8-13(11-19)9-16-15(12)18-3-2-14(10-18)17-4-6-20-7-5-17/h8-9,14,19H,2-7,10-11H2,1H3. The van der Waals surface area contributed by atoms with E-state index in [0.717, 1.165) is 56.3 Å². The lowest BCUT2D eigenvalue weighted by atomic mass is 10.2. The van der Waals surface area contributed by atoms with Crippen LogP contribution in [0.25, 0.3) is 0 Å². The molecule has 1 N–H and O–H groups in total. The van der Waals surface area contributed by atoms with Crippen molar-refractivity contribution >= 4 is 5.82 Å². The van der Waals surface area contributed by atoms with Crippen molar-refractivity contribution in [2.45, 2.75) is 26.0 Å². The van der Waals surface area contributed by atoms with Crippen molar-refractivity contribution in [1.29, 1.82) is 0 Å². The number of ether oxygens (including phenoxy) is 1. The van der Waals surface area contributed by atoms with Crippen LogP contribution < -0.4 is 4.90 Å². The Morgan fingerprint density at radius 2 is 2.15 bits per heavy atom. The first kappa shape index (κ1) is 13.8. The highest BCUT2D eigenvalue weighted by atomic mass is 16.5. The van der Waals surface area contributed by atoms with Crippen LogP contribution in [0.4, 0.5) is 5.82 Å². The Hall–Kier alpha value is -1.17. The zero-order valence-electron chi connectivity index (χ0n) is 12.1. The number of hydrogen-bond acceptors (Lipinski definition) is 5. The number of aliphatic hydroxyl groups is 1. The smallest absolute Gasteiger partial charge is 0.131 e. The lowest BCUT2D eigenvalue weighted by Gasteiger charge is -2.32. The number of morpholine rings is 1. The minimum atomic E-state index is 0.0600. The summed E-state index contributed by atoms with van der Waals surface area (Å²) in [6, 6.07) is 2.65.